The Morgan fingerprint density at radius 1 is 1.39 bits per heavy atom. The zero-order chi connectivity index (χ0) is 16.5. The number of rotatable bonds is 2. The molecule has 2 aliphatic carbocycles. The number of hydrogen-bond acceptors (Lipinski definition) is 3. The van der Waals surface area contributed by atoms with Crippen LogP contribution >= 0.6 is 0 Å². The van der Waals surface area contributed by atoms with Crippen molar-refractivity contribution >= 4 is 10.0 Å². The highest BCUT2D eigenvalue weighted by Gasteiger charge is 2.71. The normalized spacial score (nSPS) is 36.7. The minimum atomic E-state index is -3.23. The van der Waals surface area contributed by atoms with Crippen LogP contribution in [0.1, 0.15) is 44.2 Å². The molecule has 0 radical (unpaired) electrons. The van der Waals surface area contributed by atoms with Crippen molar-refractivity contribution in [3.63, 3.8) is 0 Å². The van der Waals surface area contributed by atoms with E-state index in [4.69, 9.17) is 5.26 Å². The monoisotopic (exact) mass is 330 g/mol. The van der Waals surface area contributed by atoms with E-state index >= 15 is 0 Å². The molecule has 1 aromatic carbocycles. The van der Waals surface area contributed by atoms with E-state index < -0.39 is 10.0 Å². The molecule has 1 aliphatic heterocycles. The molecule has 1 aromatic rings. The lowest BCUT2D eigenvalue weighted by molar-refractivity contribution is 0.112. The maximum absolute atomic E-state index is 12.9. The lowest BCUT2D eigenvalue weighted by Gasteiger charge is -2.37. The van der Waals surface area contributed by atoms with Crippen LogP contribution in [-0.4, -0.2) is 24.5 Å². The van der Waals surface area contributed by atoms with Crippen molar-refractivity contribution < 1.29 is 8.42 Å². The number of nitrogens with zero attached hydrogens (tertiary/aromatic N) is 2. The summed E-state index contributed by atoms with van der Waals surface area (Å²) in [6, 6.07) is 9.57. The molecule has 4 rings (SSSR count). The SMILES string of the molecule is CC1(C)[C@@H]2CC[C@@]13CS(=O)(=O)N(Cc1cccc(C#N)c1)[C@@H]3C2. The Kier molecular flexibility index (Phi) is 3.02. The minimum Gasteiger partial charge on any atom is -0.212 e. The minimum absolute atomic E-state index is 0.0800. The predicted molar refractivity (Wildman–Crippen MR) is 87.8 cm³/mol. The second-order valence-electron chi connectivity index (χ2n) is 7.98. The van der Waals surface area contributed by atoms with E-state index in [0.29, 0.717) is 23.8 Å². The van der Waals surface area contributed by atoms with Crippen molar-refractivity contribution in [2.45, 2.75) is 45.7 Å². The van der Waals surface area contributed by atoms with Crippen LogP contribution in [0.3, 0.4) is 0 Å². The molecule has 2 bridgehead atoms. The van der Waals surface area contributed by atoms with E-state index in [0.717, 1.165) is 24.8 Å². The molecular formula is C18H22N2O2S. The first-order chi connectivity index (χ1) is 10.8. The Balaban J connectivity index is 1.71. The van der Waals surface area contributed by atoms with Gasteiger partial charge in [0.2, 0.25) is 10.0 Å². The lowest BCUT2D eigenvalue weighted by atomic mass is 9.69. The first kappa shape index (κ1) is 15.2. The third kappa shape index (κ3) is 1.88. The van der Waals surface area contributed by atoms with Gasteiger partial charge in [-0.25, -0.2) is 8.42 Å². The second kappa shape index (κ2) is 4.58. The summed E-state index contributed by atoms with van der Waals surface area (Å²) in [5.41, 5.74) is 1.52. The smallest absolute Gasteiger partial charge is 0.212 e. The number of nitriles is 1. The quantitative estimate of drug-likeness (QED) is 0.837. The molecular weight excluding hydrogens is 308 g/mol. The largest absolute Gasteiger partial charge is 0.215 e. The van der Waals surface area contributed by atoms with Gasteiger partial charge in [-0.2, -0.15) is 9.57 Å². The van der Waals surface area contributed by atoms with Crippen LogP contribution in [0.5, 0.6) is 0 Å². The summed E-state index contributed by atoms with van der Waals surface area (Å²) < 4.78 is 27.5. The maximum Gasteiger partial charge on any atom is 0.215 e. The van der Waals surface area contributed by atoms with Crippen LogP contribution in [0.25, 0.3) is 0 Å². The van der Waals surface area contributed by atoms with Gasteiger partial charge < -0.3 is 0 Å². The van der Waals surface area contributed by atoms with Gasteiger partial charge in [-0.05, 0) is 48.3 Å². The molecule has 0 aromatic heterocycles. The van der Waals surface area contributed by atoms with Gasteiger partial charge in [-0.15, -0.1) is 0 Å². The molecule has 5 heteroatoms. The Morgan fingerprint density at radius 2 is 2.17 bits per heavy atom. The Bertz CT molecular complexity index is 809. The molecule has 1 saturated heterocycles. The van der Waals surface area contributed by atoms with Crippen molar-refractivity contribution in [3.05, 3.63) is 35.4 Å². The third-order valence-electron chi connectivity index (χ3n) is 6.93. The van der Waals surface area contributed by atoms with Crippen molar-refractivity contribution in [1.29, 1.82) is 5.26 Å². The standard InChI is InChI=1S/C18H22N2O2S/c1-17(2)15-6-7-18(17)12-23(21,22)20(16(18)9-15)11-14-5-3-4-13(8-14)10-19/h3-5,8,15-16H,6-7,9,11-12H2,1-2H3/t15-,16-,18+/m1/s1. The molecule has 0 amide bonds. The lowest BCUT2D eigenvalue weighted by Crippen LogP contribution is -2.41. The van der Waals surface area contributed by atoms with Gasteiger partial charge in [0.1, 0.15) is 0 Å². The zero-order valence-electron chi connectivity index (χ0n) is 13.6. The summed E-state index contributed by atoms with van der Waals surface area (Å²) in [4.78, 5) is 0. The number of fused-ring (bicyclic) bond motifs is 1. The van der Waals surface area contributed by atoms with Crippen molar-refractivity contribution in [1.82, 2.24) is 4.31 Å². The molecule has 0 unspecified atom stereocenters. The molecule has 3 atom stereocenters. The van der Waals surface area contributed by atoms with E-state index in [1.54, 1.807) is 16.4 Å². The summed E-state index contributed by atoms with van der Waals surface area (Å²) in [7, 11) is -3.23. The summed E-state index contributed by atoms with van der Waals surface area (Å²) >= 11 is 0. The van der Waals surface area contributed by atoms with E-state index in [2.05, 4.69) is 19.9 Å². The second-order valence-corrected chi connectivity index (χ2v) is 9.90. The van der Waals surface area contributed by atoms with Crippen LogP contribution in [0.4, 0.5) is 0 Å². The van der Waals surface area contributed by atoms with E-state index in [9.17, 15) is 8.42 Å². The average Bonchev–Trinajstić information content (AvgIpc) is 2.97. The molecule has 122 valence electrons. The molecule has 1 heterocycles. The highest BCUT2D eigenvalue weighted by molar-refractivity contribution is 7.89. The number of hydrogen-bond donors (Lipinski definition) is 0. The molecule has 0 N–H and O–H groups in total. The molecule has 4 nitrogen and oxygen atoms in total. The Morgan fingerprint density at radius 3 is 2.87 bits per heavy atom. The number of sulfonamides is 1. The van der Waals surface area contributed by atoms with Gasteiger partial charge in [-0.3, -0.25) is 0 Å². The third-order valence-corrected chi connectivity index (χ3v) is 8.91. The van der Waals surface area contributed by atoms with Gasteiger partial charge in [0.25, 0.3) is 0 Å². The summed E-state index contributed by atoms with van der Waals surface area (Å²) in [5.74, 6) is 0.933. The van der Waals surface area contributed by atoms with Crippen molar-refractivity contribution in [3.8, 4) is 6.07 Å². The molecule has 1 spiro atoms. The first-order valence-electron chi connectivity index (χ1n) is 8.29. The van der Waals surface area contributed by atoms with Crippen LogP contribution in [0.2, 0.25) is 0 Å². The fraction of sp³-hybridized carbons (Fsp3) is 0.611. The van der Waals surface area contributed by atoms with Gasteiger partial charge in [0, 0.05) is 18.0 Å². The Labute approximate surface area is 138 Å². The van der Waals surface area contributed by atoms with Gasteiger partial charge >= 0.3 is 0 Å². The van der Waals surface area contributed by atoms with Crippen LogP contribution in [-0.2, 0) is 16.6 Å². The van der Waals surface area contributed by atoms with Crippen LogP contribution in [0, 0.1) is 28.1 Å². The molecule has 3 aliphatic rings. The van der Waals surface area contributed by atoms with Crippen molar-refractivity contribution in [2.24, 2.45) is 16.7 Å². The maximum atomic E-state index is 12.9. The summed E-state index contributed by atoms with van der Waals surface area (Å²) in [6.45, 7) is 4.92. The Hall–Kier alpha value is -1.38. The van der Waals surface area contributed by atoms with Crippen LogP contribution in [0.15, 0.2) is 24.3 Å². The van der Waals surface area contributed by atoms with E-state index in [-0.39, 0.29) is 16.9 Å². The first-order valence-corrected chi connectivity index (χ1v) is 9.90. The predicted octanol–water partition coefficient (Wildman–Crippen LogP) is 2.90. The number of benzene rings is 1. The zero-order valence-corrected chi connectivity index (χ0v) is 14.4. The van der Waals surface area contributed by atoms with Gasteiger partial charge in [0.05, 0.1) is 17.4 Å². The van der Waals surface area contributed by atoms with E-state index in [1.807, 2.05) is 12.1 Å². The molecule has 3 fully saturated rings. The fourth-order valence-corrected chi connectivity index (χ4v) is 8.05. The highest BCUT2D eigenvalue weighted by Crippen LogP contribution is 2.70. The average molecular weight is 330 g/mol. The van der Waals surface area contributed by atoms with E-state index in [1.165, 1.54) is 0 Å². The molecule has 2 saturated carbocycles. The van der Waals surface area contributed by atoms with Gasteiger partial charge in [0.15, 0.2) is 0 Å². The topological polar surface area (TPSA) is 61.2 Å². The summed E-state index contributed by atoms with van der Waals surface area (Å²) in [5, 5.41) is 9.05. The highest BCUT2D eigenvalue weighted by atomic mass is 32.2. The molecule has 23 heavy (non-hydrogen) atoms. The van der Waals surface area contributed by atoms with Gasteiger partial charge in [-0.1, -0.05) is 26.0 Å². The van der Waals surface area contributed by atoms with Crippen LogP contribution < -0.4 is 0 Å². The summed E-state index contributed by atoms with van der Waals surface area (Å²) in [6.07, 6.45) is 3.18. The van der Waals surface area contributed by atoms with Crippen molar-refractivity contribution in [2.75, 3.05) is 5.75 Å². The fourth-order valence-electron chi connectivity index (χ4n) is 5.50.